The van der Waals surface area contributed by atoms with Gasteiger partial charge in [0.25, 0.3) is 0 Å². The number of hydrogen-bond donors (Lipinski definition) is 1. The zero-order chi connectivity index (χ0) is 9.14. The van der Waals surface area contributed by atoms with Gasteiger partial charge in [-0.05, 0) is 24.6 Å². The van der Waals surface area contributed by atoms with Gasteiger partial charge in [0.15, 0.2) is 0 Å². The largest absolute Gasteiger partial charge is 0.389 e. The fourth-order valence-corrected chi connectivity index (χ4v) is 1.07. The average Bonchev–Trinajstić information content (AvgIpc) is 2.04. The summed E-state index contributed by atoms with van der Waals surface area (Å²) in [6, 6.07) is 7.38. The predicted molar refractivity (Wildman–Crippen MR) is 51.8 cm³/mol. The van der Waals surface area contributed by atoms with Crippen molar-refractivity contribution in [1.82, 2.24) is 0 Å². The summed E-state index contributed by atoms with van der Waals surface area (Å²) in [5.74, 6) is 0. The van der Waals surface area contributed by atoms with Crippen molar-refractivity contribution >= 4 is 17.2 Å². The van der Waals surface area contributed by atoms with Crippen LogP contribution in [-0.2, 0) is 0 Å². The molecule has 0 aliphatic carbocycles. The van der Waals surface area contributed by atoms with E-state index < -0.39 is 0 Å². The molecule has 0 spiro atoms. The number of nitrogens with two attached hydrogens (primary N) is 1. The van der Waals surface area contributed by atoms with E-state index in [1.807, 2.05) is 13.0 Å². The highest BCUT2D eigenvalue weighted by molar-refractivity contribution is 7.80. The molecule has 0 radical (unpaired) electrons. The first-order valence-corrected chi connectivity index (χ1v) is 3.86. The van der Waals surface area contributed by atoms with Crippen molar-refractivity contribution in [3.63, 3.8) is 0 Å². The first-order chi connectivity index (χ1) is 5.65. The molecule has 1 rings (SSSR count). The number of hydrogen-bond acceptors (Lipinski definition) is 2. The minimum absolute atomic E-state index is 0.364. The Morgan fingerprint density at radius 3 is 2.67 bits per heavy atom. The highest BCUT2D eigenvalue weighted by atomic mass is 32.1. The molecular formula is C9H8N2S. The minimum atomic E-state index is 0.364. The van der Waals surface area contributed by atoms with Gasteiger partial charge in [0.05, 0.1) is 11.6 Å². The van der Waals surface area contributed by atoms with Crippen LogP contribution in [0.15, 0.2) is 18.2 Å². The molecule has 2 N–H and O–H groups in total. The molecule has 0 amide bonds. The van der Waals surface area contributed by atoms with Gasteiger partial charge < -0.3 is 5.73 Å². The second-order valence-electron chi connectivity index (χ2n) is 2.51. The number of nitrogens with zero attached hydrogens (tertiary/aromatic N) is 1. The van der Waals surface area contributed by atoms with E-state index in [9.17, 15) is 0 Å². The summed E-state index contributed by atoms with van der Waals surface area (Å²) in [6.07, 6.45) is 0. The molecule has 0 atom stereocenters. The van der Waals surface area contributed by atoms with Crippen molar-refractivity contribution < 1.29 is 0 Å². The number of nitriles is 1. The minimum Gasteiger partial charge on any atom is -0.389 e. The van der Waals surface area contributed by atoms with Gasteiger partial charge in [0, 0.05) is 5.56 Å². The lowest BCUT2D eigenvalue weighted by molar-refractivity contribution is 1.38. The molecule has 0 aromatic heterocycles. The Bertz CT molecular complexity index is 363. The summed E-state index contributed by atoms with van der Waals surface area (Å²) >= 11 is 4.80. The first kappa shape index (κ1) is 8.69. The molecule has 0 aliphatic rings. The third kappa shape index (κ3) is 1.60. The standard InChI is InChI=1S/C9H8N2S/c1-6-4-7(9(11)12)2-3-8(6)5-10/h2-4H,1H3,(H2,11,12). The van der Waals surface area contributed by atoms with Crippen molar-refractivity contribution in [2.24, 2.45) is 5.73 Å². The summed E-state index contributed by atoms with van der Waals surface area (Å²) in [5, 5.41) is 8.63. The van der Waals surface area contributed by atoms with Crippen molar-refractivity contribution in [2.75, 3.05) is 0 Å². The van der Waals surface area contributed by atoms with Crippen LogP contribution in [0.1, 0.15) is 16.7 Å². The molecule has 1 aromatic carbocycles. The lowest BCUT2D eigenvalue weighted by Crippen LogP contribution is -2.09. The van der Waals surface area contributed by atoms with Gasteiger partial charge >= 0.3 is 0 Å². The van der Waals surface area contributed by atoms with E-state index in [1.165, 1.54) is 0 Å². The zero-order valence-corrected chi connectivity index (χ0v) is 7.48. The lowest BCUT2D eigenvalue weighted by Gasteiger charge is -2.00. The first-order valence-electron chi connectivity index (χ1n) is 3.45. The molecule has 2 nitrogen and oxygen atoms in total. The van der Waals surface area contributed by atoms with Gasteiger partial charge in [-0.2, -0.15) is 5.26 Å². The van der Waals surface area contributed by atoms with E-state index in [0.717, 1.165) is 11.1 Å². The average molecular weight is 176 g/mol. The van der Waals surface area contributed by atoms with Gasteiger partial charge in [-0.15, -0.1) is 0 Å². The van der Waals surface area contributed by atoms with Crippen molar-refractivity contribution in [3.05, 3.63) is 34.9 Å². The van der Waals surface area contributed by atoms with Gasteiger partial charge in [-0.1, -0.05) is 18.3 Å². The smallest absolute Gasteiger partial charge is 0.103 e. The summed E-state index contributed by atoms with van der Waals surface area (Å²) in [7, 11) is 0. The molecule has 12 heavy (non-hydrogen) atoms. The van der Waals surface area contributed by atoms with Gasteiger partial charge in [-0.3, -0.25) is 0 Å². The van der Waals surface area contributed by atoms with Crippen LogP contribution in [0.5, 0.6) is 0 Å². The lowest BCUT2D eigenvalue weighted by atomic mass is 10.1. The van der Waals surface area contributed by atoms with Crippen LogP contribution >= 0.6 is 12.2 Å². The quantitative estimate of drug-likeness (QED) is 0.660. The monoisotopic (exact) mass is 176 g/mol. The molecule has 0 saturated heterocycles. The second kappa shape index (κ2) is 3.33. The van der Waals surface area contributed by atoms with E-state index in [4.69, 9.17) is 23.2 Å². The molecule has 0 bridgehead atoms. The number of thiocarbonyl (C=S) groups is 1. The zero-order valence-electron chi connectivity index (χ0n) is 6.66. The van der Waals surface area contributed by atoms with Crippen molar-refractivity contribution in [2.45, 2.75) is 6.92 Å². The van der Waals surface area contributed by atoms with Crippen molar-refractivity contribution in [3.8, 4) is 6.07 Å². The number of rotatable bonds is 1. The van der Waals surface area contributed by atoms with Crippen LogP contribution in [0.25, 0.3) is 0 Å². The molecule has 0 unspecified atom stereocenters. The molecule has 0 heterocycles. The van der Waals surface area contributed by atoms with Crippen LogP contribution in [-0.4, -0.2) is 4.99 Å². The third-order valence-electron chi connectivity index (χ3n) is 1.63. The molecule has 0 fully saturated rings. The van der Waals surface area contributed by atoms with E-state index in [2.05, 4.69) is 6.07 Å². The normalized spacial score (nSPS) is 9.00. The van der Waals surface area contributed by atoms with Crippen LogP contribution in [0.4, 0.5) is 0 Å². The van der Waals surface area contributed by atoms with Crippen molar-refractivity contribution in [1.29, 1.82) is 5.26 Å². The van der Waals surface area contributed by atoms with Crippen LogP contribution in [0.3, 0.4) is 0 Å². The Labute approximate surface area is 76.6 Å². The fourth-order valence-electron chi connectivity index (χ4n) is 0.942. The molecule has 60 valence electrons. The summed E-state index contributed by atoms with van der Waals surface area (Å²) < 4.78 is 0. The molecule has 0 saturated carbocycles. The fraction of sp³-hybridized carbons (Fsp3) is 0.111. The Morgan fingerprint density at radius 2 is 2.25 bits per heavy atom. The third-order valence-corrected chi connectivity index (χ3v) is 1.87. The number of aryl methyl sites for hydroxylation is 1. The number of benzene rings is 1. The molecule has 3 heteroatoms. The molecule has 1 aromatic rings. The predicted octanol–water partition coefficient (Wildman–Crippen LogP) is 1.50. The van der Waals surface area contributed by atoms with E-state index >= 15 is 0 Å². The maximum atomic E-state index is 8.63. The molecular weight excluding hydrogens is 168 g/mol. The highest BCUT2D eigenvalue weighted by Gasteiger charge is 1.99. The maximum absolute atomic E-state index is 8.63. The van der Waals surface area contributed by atoms with E-state index in [-0.39, 0.29) is 0 Å². The van der Waals surface area contributed by atoms with Gasteiger partial charge in [0.1, 0.15) is 4.99 Å². The second-order valence-corrected chi connectivity index (χ2v) is 2.95. The summed E-state index contributed by atoms with van der Waals surface area (Å²) in [5.41, 5.74) is 7.80. The Balaban J connectivity index is 3.21. The van der Waals surface area contributed by atoms with Crippen LogP contribution < -0.4 is 5.73 Å². The van der Waals surface area contributed by atoms with Gasteiger partial charge in [0.2, 0.25) is 0 Å². The SMILES string of the molecule is Cc1cc(C(N)=S)ccc1C#N. The topological polar surface area (TPSA) is 49.8 Å². The Morgan fingerprint density at radius 1 is 1.58 bits per heavy atom. The van der Waals surface area contributed by atoms with E-state index in [0.29, 0.717) is 10.6 Å². The molecule has 0 aliphatic heterocycles. The van der Waals surface area contributed by atoms with Crippen LogP contribution in [0, 0.1) is 18.3 Å². The van der Waals surface area contributed by atoms with Gasteiger partial charge in [-0.25, -0.2) is 0 Å². The van der Waals surface area contributed by atoms with E-state index in [1.54, 1.807) is 12.1 Å². The summed E-state index contributed by atoms with van der Waals surface area (Å²) in [4.78, 5) is 0.364. The Kier molecular flexibility index (Phi) is 2.41. The Hall–Kier alpha value is -1.40. The highest BCUT2D eigenvalue weighted by Crippen LogP contribution is 2.09. The van der Waals surface area contributed by atoms with Crippen LogP contribution in [0.2, 0.25) is 0 Å². The maximum Gasteiger partial charge on any atom is 0.103 e. The summed E-state index contributed by atoms with van der Waals surface area (Å²) in [6.45, 7) is 1.86.